The van der Waals surface area contributed by atoms with Gasteiger partial charge in [0.1, 0.15) is 0 Å². The number of hydrogen-bond donors (Lipinski definition) is 2. The third kappa shape index (κ3) is 5.54. The topological polar surface area (TPSA) is 48.9 Å². The molecule has 0 bridgehead atoms. The van der Waals surface area contributed by atoms with Gasteiger partial charge < -0.3 is 15.4 Å². The van der Waals surface area contributed by atoms with Gasteiger partial charge in [0.15, 0.2) is 5.96 Å². The van der Waals surface area contributed by atoms with E-state index in [2.05, 4.69) is 56.2 Å². The Labute approximate surface area is 166 Å². The lowest BCUT2D eigenvalue weighted by atomic mass is 10.1. The number of thiophene rings is 1. The van der Waals surface area contributed by atoms with E-state index in [0.717, 1.165) is 19.0 Å². The average Bonchev–Trinajstić information content (AvgIpc) is 3.40. The highest BCUT2D eigenvalue weighted by molar-refractivity contribution is 7.10. The summed E-state index contributed by atoms with van der Waals surface area (Å²) in [5.41, 5.74) is 2.44. The van der Waals surface area contributed by atoms with Crippen molar-refractivity contribution in [3.63, 3.8) is 0 Å². The van der Waals surface area contributed by atoms with Gasteiger partial charge in [0.05, 0.1) is 12.6 Å². The maximum atomic E-state index is 5.30. The first kappa shape index (κ1) is 19.9. The predicted octanol–water partition coefficient (Wildman–Crippen LogP) is 3.40. The zero-order valence-electron chi connectivity index (χ0n) is 16.3. The summed E-state index contributed by atoms with van der Waals surface area (Å²) in [6.45, 7) is 4.58. The largest absolute Gasteiger partial charge is 0.380 e. The fourth-order valence-corrected chi connectivity index (χ4v) is 4.42. The fourth-order valence-electron chi connectivity index (χ4n) is 3.56. The molecule has 2 heterocycles. The molecule has 1 aromatic carbocycles. The van der Waals surface area contributed by atoms with Crippen LogP contribution < -0.4 is 10.6 Å². The zero-order valence-corrected chi connectivity index (χ0v) is 17.1. The van der Waals surface area contributed by atoms with Gasteiger partial charge in [0, 0.05) is 32.1 Å². The zero-order chi connectivity index (χ0) is 18.9. The van der Waals surface area contributed by atoms with Crippen LogP contribution in [0.4, 0.5) is 0 Å². The normalized spacial score (nSPS) is 16.4. The quantitative estimate of drug-likeness (QED) is 0.539. The van der Waals surface area contributed by atoms with Gasteiger partial charge in [-0.3, -0.25) is 9.89 Å². The van der Waals surface area contributed by atoms with Crippen LogP contribution in [0, 0.1) is 0 Å². The summed E-state index contributed by atoms with van der Waals surface area (Å²) in [5.74, 6) is 0.836. The summed E-state index contributed by atoms with van der Waals surface area (Å²) < 4.78 is 5.30. The van der Waals surface area contributed by atoms with Crippen LogP contribution in [0.25, 0.3) is 0 Å². The molecule has 0 aliphatic carbocycles. The number of aliphatic imine (C=N–C) groups is 1. The molecule has 1 atom stereocenters. The molecule has 27 heavy (non-hydrogen) atoms. The molecular weight excluding hydrogens is 356 g/mol. The summed E-state index contributed by atoms with van der Waals surface area (Å²) in [6.07, 6.45) is 2.59. The Hall–Kier alpha value is -1.89. The molecule has 1 aromatic heterocycles. The Morgan fingerprint density at radius 1 is 1.15 bits per heavy atom. The van der Waals surface area contributed by atoms with Gasteiger partial charge in [-0.2, -0.15) is 0 Å². The van der Waals surface area contributed by atoms with E-state index in [1.54, 1.807) is 7.11 Å². The molecule has 1 unspecified atom stereocenters. The van der Waals surface area contributed by atoms with Crippen molar-refractivity contribution in [1.82, 2.24) is 15.5 Å². The Balaban J connectivity index is 1.58. The van der Waals surface area contributed by atoms with Crippen LogP contribution >= 0.6 is 11.3 Å². The van der Waals surface area contributed by atoms with E-state index >= 15 is 0 Å². The summed E-state index contributed by atoms with van der Waals surface area (Å²) in [6, 6.07) is 13.1. The van der Waals surface area contributed by atoms with Crippen LogP contribution in [0.2, 0.25) is 0 Å². The Bertz CT molecular complexity index is 711. The number of nitrogens with one attached hydrogen (secondary N) is 2. The van der Waals surface area contributed by atoms with Crippen molar-refractivity contribution in [3.8, 4) is 0 Å². The molecule has 1 saturated heterocycles. The van der Waals surface area contributed by atoms with Crippen LogP contribution in [-0.4, -0.2) is 44.7 Å². The first-order valence-corrected chi connectivity index (χ1v) is 10.5. The minimum absolute atomic E-state index is 0.409. The molecular formula is C21H30N4OS. The SMILES string of the molecule is CN=C(NCc1ccccc1COC)NCC(c1cccs1)N1CCCC1. The molecule has 1 fully saturated rings. The van der Waals surface area contributed by atoms with Crippen molar-refractivity contribution in [2.75, 3.05) is 33.8 Å². The van der Waals surface area contributed by atoms with Crippen molar-refractivity contribution in [2.24, 2.45) is 4.99 Å². The number of ether oxygens (including phenoxy) is 1. The van der Waals surface area contributed by atoms with Gasteiger partial charge >= 0.3 is 0 Å². The highest BCUT2D eigenvalue weighted by Gasteiger charge is 2.24. The highest BCUT2D eigenvalue weighted by atomic mass is 32.1. The van der Waals surface area contributed by atoms with E-state index in [-0.39, 0.29) is 0 Å². The molecule has 3 rings (SSSR count). The van der Waals surface area contributed by atoms with Gasteiger partial charge in [-0.15, -0.1) is 11.3 Å². The molecule has 0 spiro atoms. The molecule has 0 saturated carbocycles. The van der Waals surface area contributed by atoms with E-state index in [0.29, 0.717) is 12.6 Å². The number of benzene rings is 1. The van der Waals surface area contributed by atoms with Crippen molar-refractivity contribution >= 4 is 17.3 Å². The van der Waals surface area contributed by atoms with Gasteiger partial charge in [-0.1, -0.05) is 30.3 Å². The standard InChI is InChI=1S/C21H30N4OS/c1-22-21(23-14-17-8-3-4-9-18(17)16-26-2)24-15-19(20-10-7-13-27-20)25-11-5-6-12-25/h3-4,7-10,13,19H,5-6,11-12,14-16H2,1-2H3,(H2,22,23,24). The number of rotatable bonds is 8. The second kappa shape index (κ2) is 10.4. The van der Waals surface area contributed by atoms with Crippen molar-refractivity contribution in [1.29, 1.82) is 0 Å². The summed E-state index contributed by atoms with van der Waals surface area (Å²) in [4.78, 5) is 8.41. The summed E-state index contributed by atoms with van der Waals surface area (Å²) in [5, 5.41) is 9.14. The number of guanidine groups is 1. The van der Waals surface area contributed by atoms with Gasteiger partial charge in [-0.05, 0) is 48.5 Å². The first-order chi connectivity index (χ1) is 13.3. The predicted molar refractivity (Wildman–Crippen MR) is 113 cm³/mol. The molecule has 1 aliphatic rings. The summed E-state index contributed by atoms with van der Waals surface area (Å²) in [7, 11) is 3.56. The van der Waals surface area contributed by atoms with E-state index in [1.807, 2.05) is 24.5 Å². The van der Waals surface area contributed by atoms with Crippen molar-refractivity contribution in [2.45, 2.75) is 32.0 Å². The molecule has 5 nitrogen and oxygen atoms in total. The molecule has 0 radical (unpaired) electrons. The second-order valence-corrected chi connectivity index (χ2v) is 7.76. The van der Waals surface area contributed by atoms with E-state index in [4.69, 9.17) is 4.74 Å². The van der Waals surface area contributed by atoms with Crippen LogP contribution in [0.3, 0.4) is 0 Å². The minimum Gasteiger partial charge on any atom is -0.380 e. The van der Waals surface area contributed by atoms with Crippen LogP contribution in [0.1, 0.15) is 34.9 Å². The van der Waals surface area contributed by atoms with Gasteiger partial charge in [0.25, 0.3) is 0 Å². The molecule has 1 aliphatic heterocycles. The number of nitrogens with zero attached hydrogens (tertiary/aromatic N) is 2. The molecule has 2 aromatic rings. The Kier molecular flexibility index (Phi) is 7.68. The van der Waals surface area contributed by atoms with Gasteiger partial charge in [-0.25, -0.2) is 0 Å². The lowest BCUT2D eigenvalue weighted by Gasteiger charge is -2.27. The smallest absolute Gasteiger partial charge is 0.191 e. The Morgan fingerprint density at radius 3 is 2.59 bits per heavy atom. The average molecular weight is 387 g/mol. The lowest BCUT2D eigenvalue weighted by Crippen LogP contribution is -2.42. The van der Waals surface area contributed by atoms with Crippen LogP contribution in [0.15, 0.2) is 46.8 Å². The van der Waals surface area contributed by atoms with E-state index in [1.165, 1.54) is 41.9 Å². The van der Waals surface area contributed by atoms with Crippen molar-refractivity contribution < 1.29 is 4.74 Å². The first-order valence-electron chi connectivity index (χ1n) is 9.59. The maximum Gasteiger partial charge on any atom is 0.191 e. The minimum atomic E-state index is 0.409. The third-order valence-electron chi connectivity index (χ3n) is 5.00. The number of hydrogen-bond acceptors (Lipinski definition) is 4. The fraction of sp³-hybridized carbons (Fsp3) is 0.476. The van der Waals surface area contributed by atoms with Crippen LogP contribution in [0.5, 0.6) is 0 Å². The molecule has 146 valence electrons. The van der Waals surface area contributed by atoms with Crippen molar-refractivity contribution in [3.05, 3.63) is 57.8 Å². The lowest BCUT2D eigenvalue weighted by molar-refractivity contribution is 0.184. The number of likely N-dealkylation sites (tertiary alicyclic amines) is 1. The maximum absolute atomic E-state index is 5.30. The van der Waals surface area contributed by atoms with E-state index in [9.17, 15) is 0 Å². The number of methoxy groups -OCH3 is 1. The molecule has 0 amide bonds. The summed E-state index contributed by atoms with van der Waals surface area (Å²) >= 11 is 1.84. The molecule has 6 heteroatoms. The Morgan fingerprint density at radius 2 is 1.93 bits per heavy atom. The van der Waals surface area contributed by atoms with E-state index < -0.39 is 0 Å². The monoisotopic (exact) mass is 386 g/mol. The van der Waals surface area contributed by atoms with Crippen LogP contribution in [-0.2, 0) is 17.9 Å². The second-order valence-electron chi connectivity index (χ2n) is 6.78. The van der Waals surface area contributed by atoms with Gasteiger partial charge in [0.2, 0.25) is 0 Å². The highest BCUT2D eigenvalue weighted by Crippen LogP contribution is 2.27. The third-order valence-corrected chi connectivity index (χ3v) is 5.98. The molecule has 2 N–H and O–H groups in total.